The Kier molecular flexibility index (Phi) is 3.69. The van der Waals surface area contributed by atoms with E-state index < -0.39 is 5.97 Å². The van der Waals surface area contributed by atoms with Crippen LogP contribution < -0.4 is 5.43 Å². The highest BCUT2D eigenvalue weighted by Crippen LogP contribution is 2.32. The topological polar surface area (TPSA) is 80.4 Å². The number of carboxylic acid groups (broad SMARTS) is 1. The van der Waals surface area contributed by atoms with E-state index in [0.29, 0.717) is 28.7 Å². The average Bonchev–Trinajstić information content (AvgIpc) is 2.63. The summed E-state index contributed by atoms with van der Waals surface area (Å²) in [5.41, 5.74) is 2.72. The lowest BCUT2D eigenvalue weighted by Crippen LogP contribution is -2.16. The number of carboxylic acids is 1. The summed E-state index contributed by atoms with van der Waals surface area (Å²) in [5, 5.41) is 9.45. The van der Waals surface area contributed by atoms with Crippen molar-refractivity contribution in [1.29, 1.82) is 0 Å². The number of benzene rings is 1. The lowest BCUT2D eigenvalue weighted by atomic mass is 9.90. The van der Waals surface area contributed by atoms with Crippen LogP contribution in [0, 0.1) is 0 Å². The summed E-state index contributed by atoms with van der Waals surface area (Å²) in [5.74, 6) is -0.466. The first-order valence-electron chi connectivity index (χ1n) is 8.08. The molecule has 0 unspecified atom stereocenters. The molecule has 3 aromatic rings. The van der Waals surface area contributed by atoms with E-state index in [0.717, 1.165) is 24.1 Å². The molecule has 0 saturated heterocycles. The van der Waals surface area contributed by atoms with Gasteiger partial charge in [0.1, 0.15) is 11.3 Å². The van der Waals surface area contributed by atoms with Crippen molar-refractivity contribution in [3.8, 4) is 0 Å². The number of hydrogen-bond donors (Lipinski definition) is 1. The predicted octanol–water partition coefficient (Wildman–Crippen LogP) is 3.76. The molecule has 1 aliphatic rings. The predicted molar refractivity (Wildman–Crippen MR) is 94.5 cm³/mol. The van der Waals surface area contributed by atoms with Gasteiger partial charge in [0.15, 0.2) is 5.43 Å². The molecule has 0 radical (unpaired) electrons. The molecule has 0 amide bonds. The minimum Gasteiger partial charge on any atom is -0.478 e. The van der Waals surface area contributed by atoms with Gasteiger partial charge < -0.3 is 9.52 Å². The quantitative estimate of drug-likeness (QED) is 0.772. The molecule has 1 aliphatic carbocycles. The summed E-state index contributed by atoms with van der Waals surface area (Å²) in [6, 6.07) is 10.1. The Bertz CT molecular complexity index is 1060. The van der Waals surface area contributed by atoms with Gasteiger partial charge in [-0.1, -0.05) is 6.07 Å². The summed E-state index contributed by atoms with van der Waals surface area (Å²) < 4.78 is 6.00. The Balaban J connectivity index is 1.92. The maximum atomic E-state index is 12.9. The number of aromatic carboxylic acids is 1. The van der Waals surface area contributed by atoms with E-state index in [9.17, 15) is 9.59 Å². The smallest absolute Gasteiger partial charge is 0.335 e. The zero-order valence-electron chi connectivity index (χ0n) is 13.4. The molecule has 2 aromatic heterocycles. The molecule has 124 valence electrons. The molecule has 0 spiro atoms. The molecular formula is C20H15NO4. The first-order valence-corrected chi connectivity index (χ1v) is 8.08. The number of pyridine rings is 1. The highest BCUT2D eigenvalue weighted by molar-refractivity contribution is 5.93. The Morgan fingerprint density at radius 2 is 2.08 bits per heavy atom. The molecule has 0 bridgehead atoms. The number of allylic oxidation sites excluding steroid dienone is 1. The van der Waals surface area contributed by atoms with Gasteiger partial charge in [-0.15, -0.1) is 0 Å². The van der Waals surface area contributed by atoms with Crippen LogP contribution in [0.5, 0.6) is 0 Å². The number of rotatable bonds is 2. The van der Waals surface area contributed by atoms with E-state index in [1.165, 1.54) is 12.1 Å². The van der Waals surface area contributed by atoms with Crippen molar-refractivity contribution >= 4 is 28.6 Å². The van der Waals surface area contributed by atoms with E-state index in [1.807, 2.05) is 24.3 Å². The Hall–Kier alpha value is -3.21. The summed E-state index contributed by atoms with van der Waals surface area (Å²) in [7, 11) is 0. The average molecular weight is 333 g/mol. The molecule has 1 N–H and O–H groups in total. The third-order valence-electron chi connectivity index (χ3n) is 4.41. The fourth-order valence-corrected chi connectivity index (χ4v) is 3.20. The van der Waals surface area contributed by atoms with Crippen molar-refractivity contribution in [2.24, 2.45) is 0 Å². The van der Waals surface area contributed by atoms with Crippen LogP contribution in [0.3, 0.4) is 0 Å². The van der Waals surface area contributed by atoms with Crippen molar-refractivity contribution in [2.45, 2.75) is 19.3 Å². The van der Waals surface area contributed by atoms with Gasteiger partial charge in [-0.25, -0.2) is 4.79 Å². The second-order valence-corrected chi connectivity index (χ2v) is 6.03. The van der Waals surface area contributed by atoms with E-state index >= 15 is 0 Å². The number of carbonyl (C=O) groups is 1. The molecule has 25 heavy (non-hydrogen) atoms. The van der Waals surface area contributed by atoms with Gasteiger partial charge in [0.05, 0.1) is 16.6 Å². The maximum absolute atomic E-state index is 12.9. The van der Waals surface area contributed by atoms with Crippen molar-refractivity contribution in [3.05, 3.63) is 75.4 Å². The molecule has 0 aliphatic heterocycles. The van der Waals surface area contributed by atoms with E-state index in [-0.39, 0.29) is 11.0 Å². The lowest BCUT2D eigenvalue weighted by molar-refractivity contribution is 0.0697. The Labute approximate surface area is 143 Å². The van der Waals surface area contributed by atoms with E-state index in [1.54, 1.807) is 12.3 Å². The Morgan fingerprint density at radius 1 is 1.20 bits per heavy atom. The minimum absolute atomic E-state index is 0.0832. The van der Waals surface area contributed by atoms with Crippen LogP contribution in [-0.4, -0.2) is 16.1 Å². The minimum atomic E-state index is -1.06. The lowest BCUT2D eigenvalue weighted by Gasteiger charge is -2.18. The largest absolute Gasteiger partial charge is 0.478 e. The summed E-state index contributed by atoms with van der Waals surface area (Å²) >= 11 is 0. The highest BCUT2D eigenvalue weighted by Gasteiger charge is 2.22. The van der Waals surface area contributed by atoms with Crippen LogP contribution in [0.2, 0.25) is 0 Å². The summed E-state index contributed by atoms with van der Waals surface area (Å²) in [6.07, 6.45) is 5.95. The third-order valence-corrected chi connectivity index (χ3v) is 4.41. The molecular weight excluding hydrogens is 318 g/mol. The van der Waals surface area contributed by atoms with E-state index in [2.05, 4.69) is 4.98 Å². The number of aromatic nitrogens is 1. The highest BCUT2D eigenvalue weighted by atomic mass is 16.4. The van der Waals surface area contributed by atoms with Crippen molar-refractivity contribution in [3.63, 3.8) is 0 Å². The molecule has 0 fully saturated rings. The van der Waals surface area contributed by atoms with Gasteiger partial charge in [-0.05, 0) is 61.2 Å². The van der Waals surface area contributed by atoms with Crippen LogP contribution in [0.4, 0.5) is 0 Å². The maximum Gasteiger partial charge on any atom is 0.335 e. The molecule has 5 nitrogen and oxygen atoms in total. The van der Waals surface area contributed by atoms with Crippen LogP contribution in [0.25, 0.3) is 22.6 Å². The van der Waals surface area contributed by atoms with Crippen molar-refractivity contribution < 1.29 is 14.3 Å². The fourth-order valence-electron chi connectivity index (χ4n) is 3.20. The van der Waals surface area contributed by atoms with Crippen LogP contribution >= 0.6 is 0 Å². The fraction of sp³-hybridized carbons (Fsp3) is 0.150. The first-order chi connectivity index (χ1) is 12.1. The summed E-state index contributed by atoms with van der Waals surface area (Å²) in [4.78, 5) is 28.3. The van der Waals surface area contributed by atoms with Gasteiger partial charge in [-0.2, -0.15) is 0 Å². The Morgan fingerprint density at radius 3 is 2.84 bits per heavy atom. The van der Waals surface area contributed by atoms with Crippen molar-refractivity contribution in [1.82, 2.24) is 4.98 Å². The van der Waals surface area contributed by atoms with Crippen LogP contribution in [0.15, 0.2) is 51.8 Å². The van der Waals surface area contributed by atoms with Gasteiger partial charge >= 0.3 is 5.97 Å². The standard InChI is InChI=1S/C20H15NO4/c22-18-15-6-3-4-12(10-14-5-1-2-9-21-14)19(15)25-17-8-7-13(20(23)24)11-16(17)18/h1-2,5,7-11H,3-4,6H2,(H,23,24). The number of nitrogens with zero attached hydrogens (tertiary/aromatic N) is 1. The molecule has 4 rings (SSSR count). The SMILES string of the molecule is O=C(O)c1ccc2oc3c(c(=O)c2c1)CCCC3=Cc1ccccn1. The first kappa shape index (κ1) is 15.3. The molecule has 1 aromatic carbocycles. The van der Waals surface area contributed by atoms with Gasteiger partial charge in [0.2, 0.25) is 0 Å². The van der Waals surface area contributed by atoms with Crippen LogP contribution in [-0.2, 0) is 6.42 Å². The van der Waals surface area contributed by atoms with Crippen molar-refractivity contribution in [2.75, 3.05) is 0 Å². The second kappa shape index (κ2) is 6.02. The van der Waals surface area contributed by atoms with Gasteiger partial charge in [0, 0.05) is 11.8 Å². The van der Waals surface area contributed by atoms with E-state index in [4.69, 9.17) is 9.52 Å². The monoisotopic (exact) mass is 333 g/mol. The molecule has 5 heteroatoms. The van der Waals surface area contributed by atoms with Crippen LogP contribution in [0.1, 0.15) is 40.2 Å². The zero-order chi connectivity index (χ0) is 17.4. The van der Waals surface area contributed by atoms with Gasteiger partial charge in [-0.3, -0.25) is 9.78 Å². The second-order valence-electron chi connectivity index (χ2n) is 6.03. The molecule has 2 heterocycles. The zero-order valence-corrected chi connectivity index (χ0v) is 13.4. The molecule has 0 saturated carbocycles. The normalized spacial score (nSPS) is 15.3. The summed E-state index contributed by atoms with van der Waals surface area (Å²) in [6.45, 7) is 0. The number of fused-ring (bicyclic) bond motifs is 2. The molecule has 0 atom stereocenters. The number of hydrogen-bond acceptors (Lipinski definition) is 4. The third kappa shape index (κ3) is 2.74. The van der Waals surface area contributed by atoms with Gasteiger partial charge in [0.25, 0.3) is 0 Å².